The first kappa shape index (κ1) is 19.0. The van der Waals surface area contributed by atoms with E-state index in [4.69, 9.17) is 23.2 Å². The van der Waals surface area contributed by atoms with Crippen LogP contribution >= 0.6 is 23.2 Å². The van der Waals surface area contributed by atoms with Crippen molar-refractivity contribution < 1.29 is 4.79 Å². The number of aromatic nitrogens is 1. The number of benzene rings is 2. The van der Waals surface area contributed by atoms with E-state index in [-0.39, 0.29) is 5.91 Å². The third-order valence-corrected chi connectivity index (χ3v) is 6.99. The molecule has 0 radical (unpaired) electrons. The van der Waals surface area contributed by atoms with E-state index in [1.165, 1.54) is 35.0 Å². The Morgan fingerprint density at radius 1 is 1.10 bits per heavy atom. The summed E-state index contributed by atoms with van der Waals surface area (Å²) in [7, 11) is 2.24. The van der Waals surface area contributed by atoms with Gasteiger partial charge in [0.25, 0.3) is 5.91 Å². The minimum Gasteiger partial charge on any atom is -0.350 e. The van der Waals surface area contributed by atoms with Gasteiger partial charge in [0.1, 0.15) is 0 Å². The SMILES string of the molecule is CN1C2CCC1c1c(n(CCNC(=O)c3ccc(Cl)cc3)c3ccc(Cl)cc13)C2. The molecule has 5 rings (SSSR count). The quantitative estimate of drug-likeness (QED) is 0.630. The number of rotatable bonds is 4. The highest BCUT2D eigenvalue weighted by Gasteiger charge is 2.40. The van der Waals surface area contributed by atoms with Gasteiger partial charge in [-0.2, -0.15) is 0 Å². The predicted octanol–water partition coefficient (Wildman–Crippen LogP) is 5.07. The van der Waals surface area contributed by atoms with Crippen molar-refractivity contribution in [1.82, 2.24) is 14.8 Å². The average molecular weight is 428 g/mol. The molecule has 4 nitrogen and oxygen atoms in total. The standard InChI is InChI=1S/C23H23Cl2N3O/c1-27-17-7-9-20(27)22-18-12-16(25)6-8-19(18)28(21(22)13-17)11-10-26-23(29)14-2-4-15(24)5-3-14/h2-6,8,12,17,20H,7,9-11,13H2,1H3,(H,26,29). The molecule has 150 valence electrons. The van der Waals surface area contributed by atoms with Gasteiger partial charge in [0.15, 0.2) is 0 Å². The van der Waals surface area contributed by atoms with Crippen LogP contribution in [0.25, 0.3) is 10.9 Å². The fraction of sp³-hybridized carbons (Fsp3) is 0.348. The number of amides is 1. The Morgan fingerprint density at radius 2 is 1.86 bits per heavy atom. The molecule has 2 bridgehead atoms. The second-order valence-electron chi connectivity index (χ2n) is 8.05. The Kier molecular flexibility index (Phi) is 4.81. The largest absolute Gasteiger partial charge is 0.350 e. The smallest absolute Gasteiger partial charge is 0.251 e. The van der Waals surface area contributed by atoms with Crippen molar-refractivity contribution in [3.63, 3.8) is 0 Å². The number of nitrogens with one attached hydrogen (secondary N) is 1. The highest BCUT2D eigenvalue weighted by molar-refractivity contribution is 6.31. The van der Waals surface area contributed by atoms with E-state index in [2.05, 4.69) is 34.0 Å². The summed E-state index contributed by atoms with van der Waals surface area (Å²) in [4.78, 5) is 15.0. The molecular weight excluding hydrogens is 405 g/mol. The first-order chi connectivity index (χ1) is 14.0. The summed E-state index contributed by atoms with van der Waals surface area (Å²) >= 11 is 12.3. The van der Waals surface area contributed by atoms with Crippen LogP contribution in [0.1, 0.15) is 40.5 Å². The molecule has 0 spiro atoms. The molecular formula is C23H23Cl2N3O. The van der Waals surface area contributed by atoms with Crippen molar-refractivity contribution in [1.29, 1.82) is 0 Å². The molecule has 2 aromatic carbocycles. The van der Waals surface area contributed by atoms with Crippen molar-refractivity contribution in [2.24, 2.45) is 0 Å². The van der Waals surface area contributed by atoms with Gasteiger partial charge in [-0.05, 0) is 67.9 Å². The molecule has 2 aliphatic rings. The highest BCUT2D eigenvalue weighted by Crippen LogP contribution is 2.47. The summed E-state index contributed by atoms with van der Waals surface area (Å²) in [6.07, 6.45) is 3.50. The van der Waals surface area contributed by atoms with Crippen LogP contribution in [0.5, 0.6) is 0 Å². The maximum Gasteiger partial charge on any atom is 0.251 e. The number of carbonyl (C=O) groups is 1. The van der Waals surface area contributed by atoms with Crippen LogP contribution in [0.2, 0.25) is 10.0 Å². The van der Waals surface area contributed by atoms with E-state index in [0.29, 0.717) is 29.2 Å². The lowest BCUT2D eigenvalue weighted by molar-refractivity contribution is 0.0952. The molecule has 2 unspecified atom stereocenters. The summed E-state index contributed by atoms with van der Waals surface area (Å²) in [6, 6.07) is 14.2. The van der Waals surface area contributed by atoms with Crippen LogP contribution in [0.3, 0.4) is 0 Å². The van der Waals surface area contributed by atoms with E-state index >= 15 is 0 Å². The Bertz CT molecular complexity index is 1090. The van der Waals surface area contributed by atoms with Crippen molar-refractivity contribution >= 4 is 40.0 Å². The van der Waals surface area contributed by atoms with Crippen molar-refractivity contribution in [3.8, 4) is 0 Å². The Morgan fingerprint density at radius 3 is 2.66 bits per heavy atom. The molecule has 3 aromatic rings. The molecule has 1 amide bonds. The van der Waals surface area contributed by atoms with Gasteiger partial charge >= 0.3 is 0 Å². The fourth-order valence-electron chi connectivity index (χ4n) is 5.07. The molecule has 1 fully saturated rings. The second kappa shape index (κ2) is 7.35. The summed E-state index contributed by atoms with van der Waals surface area (Å²) in [5.41, 5.74) is 4.68. The zero-order chi connectivity index (χ0) is 20.1. The monoisotopic (exact) mass is 427 g/mol. The third-order valence-electron chi connectivity index (χ3n) is 6.51. The number of hydrogen-bond acceptors (Lipinski definition) is 2. The maximum absolute atomic E-state index is 12.5. The van der Waals surface area contributed by atoms with Crippen LogP contribution in [0.4, 0.5) is 0 Å². The van der Waals surface area contributed by atoms with Gasteiger partial charge in [0.2, 0.25) is 0 Å². The van der Waals surface area contributed by atoms with Crippen LogP contribution < -0.4 is 5.32 Å². The van der Waals surface area contributed by atoms with Crippen LogP contribution in [0, 0.1) is 0 Å². The lowest BCUT2D eigenvalue weighted by atomic mass is 9.97. The highest BCUT2D eigenvalue weighted by atomic mass is 35.5. The lowest BCUT2D eigenvalue weighted by Crippen LogP contribution is -2.35. The zero-order valence-electron chi connectivity index (χ0n) is 16.3. The van der Waals surface area contributed by atoms with Gasteiger partial charge in [-0.15, -0.1) is 0 Å². The first-order valence-corrected chi connectivity index (χ1v) is 10.8. The van der Waals surface area contributed by atoms with Crippen molar-refractivity contribution in [3.05, 3.63) is 69.3 Å². The van der Waals surface area contributed by atoms with E-state index in [1.54, 1.807) is 24.3 Å². The Labute approximate surface area is 180 Å². The van der Waals surface area contributed by atoms with Crippen LogP contribution in [-0.4, -0.2) is 35.0 Å². The molecule has 1 N–H and O–H groups in total. The molecule has 29 heavy (non-hydrogen) atoms. The normalized spacial score (nSPS) is 20.8. The summed E-state index contributed by atoms with van der Waals surface area (Å²) in [5, 5.41) is 5.71. The zero-order valence-corrected chi connectivity index (χ0v) is 17.8. The van der Waals surface area contributed by atoms with Gasteiger partial charge in [-0.3, -0.25) is 9.69 Å². The lowest BCUT2D eigenvalue weighted by Gasteiger charge is -2.32. The summed E-state index contributed by atoms with van der Waals surface area (Å²) in [5.74, 6) is -0.0742. The summed E-state index contributed by atoms with van der Waals surface area (Å²) < 4.78 is 2.39. The minimum atomic E-state index is -0.0742. The first-order valence-electron chi connectivity index (χ1n) is 10.1. The van der Waals surface area contributed by atoms with Crippen LogP contribution in [0.15, 0.2) is 42.5 Å². The third kappa shape index (κ3) is 3.24. The molecule has 1 aromatic heterocycles. The van der Waals surface area contributed by atoms with E-state index in [0.717, 1.165) is 18.0 Å². The van der Waals surface area contributed by atoms with E-state index in [9.17, 15) is 4.79 Å². The van der Waals surface area contributed by atoms with Gasteiger partial charge in [0.05, 0.1) is 0 Å². The molecule has 2 aliphatic heterocycles. The number of fused-ring (bicyclic) bond motifs is 6. The number of hydrogen-bond donors (Lipinski definition) is 1. The van der Waals surface area contributed by atoms with E-state index < -0.39 is 0 Å². The number of likely N-dealkylation sites (N-methyl/N-ethyl adjacent to an activating group) is 1. The fourth-order valence-corrected chi connectivity index (χ4v) is 5.36. The predicted molar refractivity (Wildman–Crippen MR) is 118 cm³/mol. The second-order valence-corrected chi connectivity index (χ2v) is 8.93. The number of carbonyl (C=O) groups excluding carboxylic acids is 1. The number of halogens is 2. The van der Waals surface area contributed by atoms with Gasteiger partial charge < -0.3 is 9.88 Å². The maximum atomic E-state index is 12.5. The molecule has 6 heteroatoms. The summed E-state index contributed by atoms with van der Waals surface area (Å²) in [6.45, 7) is 1.32. The van der Waals surface area contributed by atoms with E-state index in [1.807, 2.05) is 6.07 Å². The van der Waals surface area contributed by atoms with Gasteiger partial charge in [0, 0.05) is 63.8 Å². The molecule has 2 atom stereocenters. The molecule has 3 heterocycles. The Balaban J connectivity index is 1.43. The van der Waals surface area contributed by atoms with Crippen molar-refractivity contribution in [2.45, 2.75) is 37.9 Å². The molecule has 0 saturated carbocycles. The van der Waals surface area contributed by atoms with Gasteiger partial charge in [-0.25, -0.2) is 0 Å². The van der Waals surface area contributed by atoms with Crippen molar-refractivity contribution in [2.75, 3.05) is 13.6 Å². The average Bonchev–Trinajstić information content (AvgIpc) is 3.12. The molecule has 1 saturated heterocycles. The molecule has 0 aliphatic carbocycles. The topological polar surface area (TPSA) is 37.3 Å². The Hall–Kier alpha value is -2.01. The number of nitrogens with zero attached hydrogens (tertiary/aromatic N) is 2. The minimum absolute atomic E-state index is 0.0742. The van der Waals surface area contributed by atoms with Gasteiger partial charge in [-0.1, -0.05) is 23.2 Å². The van der Waals surface area contributed by atoms with Crippen LogP contribution in [-0.2, 0) is 13.0 Å².